The molecule has 0 heterocycles. The number of hydrogen-bond donors (Lipinski definition) is 1. The number of hydrogen-bond acceptors (Lipinski definition) is 5. The summed E-state index contributed by atoms with van der Waals surface area (Å²) in [6.45, 7) is 9.42. The Morgan fingerprint density at radius 1 is 1.14 bits per heavy atom. The number of Topliss-reactive ketones (excluding diaryl/α,β-unsaturated/α-hetero) is 1. The van der Waals surface area contributed by atoms with E-state index >= 15 is 0 Å². The number of esters is 1. The molecule has 1 N–H and O–H groups in total. The van der Waals surface area contributed by atoms with E-state index in [2.05, 4.69) is 13.8 Å². The molecule has 0 aromatic carbocycles. The van der Waals surface area contributed by atoms with E-state index in [0.29, 0.717) is 17.6 Å². The molecule has 3 saturated carbocycles. The zero-order valence-corrected chi connectivity index (χ0v) is 18.3. The Kier molecular flexibility index (Phi) is 4.66. The highest BCUT2D eigenvalue weighted by Crippen LogP contribution is 2.69. The largest absolute Gasteiger partial charge is 0.432 e. The molecular weight excluding hydrogens is 368 g/mol. The summed E-state index contributed by atoms with van der Waals surface area (Å²) in [7, 11) is 0. The molecule has 160 valence electrons. The molecule has 4 aliphatic carbocycles. The lowest BCUT2D eigenvalue weighted by Gasteiger charge is -2.62. The summed E-state index contributed by atoms with van der Waals surface area (Å²) < 4.78 is 5.52. The van der Waals surface area contributed by atoms with Crippen LogP contribution in [0.4, 0.5) is 0 Å². The summed E-state index contributed by atoms with van der Waals surface area (Å²) in [5.74, 6) is -1.08. The van der Waals surface area contributed by atoms with E-state index in [1.54, 1.807) is 13.0 Å². The van der Waals surface area contributed by atoms with Crippen LogP contribution in [0.5, 0.6) is 0 Å². The average molecular weight is 403 g/mol. The highest BCUT2D eigenvalue weighted by molar-refractivity contribution is 5.93. The minimum atomic E-state index is -1.80. The Morgan fingerprint density at radius 3 is 2.45 bits per heavy atom. The molecule has 3 fully saturated rings. The van der Waals surface area contributed by atoms with Gasteiger partial charge in [0.2, 0.25) is 5.79 Å². The monoisotopic (exact) mass is 402 g/mol. The minimum Gasteiger partial charge on any atom is -0.432 e. The molecule has 0 radical (unpaired) electrons. The van der Waals surface area contributed by atoms with E-state index in [4.69, 9.17) is 4.74 Å². The van der Waals surface area contributed by atoms with Crippen LogP contribution in [-0.2, 0) is 19.1 Å². The molecule has 0 aliphatic heterocycles. The van der Waals surface area contributed by atoms with Crippen molar-refractivity contribution in [3.63, 3.8) is 0 Å². The van der Waals surface area contributed by atoms with Crippen molar-refractivity contribution < 1.29 is 24.2 Å². The van der Waals surface area contributed by atoms with E-state index in [9.17, 15) is 19.5 Å². The van der Waals surface area contributed by atoms with Gasteiger partial charge in [0.05, 0.1) is 11.8 Å². The van der Waals surface area contributed by atoms with Crippen molar-refractivity contribution in [1.29, 1.82) is 0 Å². The lowest BCUT2D eigenvalue weighted by molar-refractivity contribution is -0.277. The van der Waals surface area contributed by atoms with Crippen molar-refractivity contribution in [2.45, 2.75) is 78.9 Å². The first-order valence-electron chi connectivity index (χ1n) is 11.1. The molecule has 0 bridgehead atoms. The fourth-order valence-corrected chi connectivity index (χ4v) is 8.09. The van der Waals surface area contributed by atoms with Gasteiger partial charge >= 0.3 is 5.97 Å². The number of ether oxygens (including phenoxy) is 1. The van der Waals surface area contributed by atoms with Gasteiger partial charge in [0.1, 0.15) is 5.78 Å². The zero-order valence-electron chi connectivity index (χ0n) is 18.3. The normalized spacial score (nSPS) is 48.8. The molecule has 2 unspecified atom stereocenters. The number of ketones is 2. The van der Waals surface area contributed by atoms with Crippen LogP contribution >= 0.6 is 0 Å². The molecule has 5 nitrogen and oxygen atoms in total. The highest BCUT2D eigenvalue weighted by atomic mass is 16.7. The first kappa shape index (κ1) is 20.8. The lowest BCUT2D eigenvalue weighted by Crippen LogP contribution is -2.64. The smallest absolute Gasteiger partial charge is 0.305 e. The molecular formula is C24H34O5. The molecule has 4 aliphatic rings. The molecule has 0 amide bonds. The molecule has 5 heteroatoms. The molecule has 0 aromatic heterocycles. The number of carbonyl (C=O) groups is 3. The Hall–Kier alpha value is -1.49. The van der Waals surface area contributed by atoms with Gasteiger partial charge in [-0.05, 0) is 81.1 Å². The van der Waals surface area contributed by atoms with Crippen LogP contribution in [0.1, 0.15) is 73.1 Å². The Bertz CT molecular complexity index is 799. The minimum absolute atomic E-state index is 0.00827. The molecule has 0 saturated heterocycles. The standard InChI is InChI=1S/C24H34O5/c1-13-10-17-19-7-6-18(14(2)25)22(19,4)9-8-20(17)23(5)21(13)11-16(27)12-24(23,28)29-15(3)26/h11,13,17-20,28H,6-10,12H2,1-5H3/t13?,17-,18+,19-,20-,22+,23+,24?/m0/s1. The Balaban J connectivity index is 1.79. The fraction of sp³-hybridized carbons (Fsp3) is 0.792. The van der Waals surface area contributed by atoms with Crippen LogP contribution in [-0.4, -0.2) is 28.4 Å². The van der Waals surface area contributed by atoms with Crippen LogP contribution < -0.4 is 0 Å². The number of fused-ring (bicyclic) bond motifs is 5. The van der Waals surface area contributed by atoms with Gasteiger partial charge in [0.15, 0.2) is 5.78 Å². The molecule has 0 aromatic rings. The van der Waals surface area contributed by atoms with Crippen molar-refractivity contribution >= 4 is 17.5 Å². The predicted octanol–water partition coefficient (Wildman–Crippen LogP) is 3.83. The first-order valence-corrected chi connectivity index (χ1v) is 11.1. The van der Waals surface area contributed by atoms with Crippen molar-refractivity contribution in [2.75, 3.05) is 0 Å². The van der Waals surface area contributed by atoms with E-state index < -0.39 is 17.2 Å². The van der Waals surface area contributed by atoms with E-state index in [0.717, 1.165) is 37.7 Å². The molecule has 29 heavy (non-hydrogen) atoms. The van der Waals surface area contributed by atoms with E-state index in [1.807, 2.05) is 6.92 Å². The summed E-state index contributed by atoms with van der Waals surface area (Å²) >= 11 is 0. The third-order valence-electron chi connectivity index (χ3n) is 9.28. The average Bonchev–Trinajstić information content (AvgIpc) is 2.94. The second kappa shape index (κ2) is 6.50. The Labute approximate surface area is 173 Å². The van der Waals surface area contributed by atoms with Gasteiger partial charge < -0.3 is 9.84 Å². The van der Waals surface area contributed by atoms with Gasteiger partial charge in [0, 0.05) is 12.8 Å². The zero-order chi connectivity index (χ0) is 21.4. The van der Waals surface area contributed by atoms with Gasteiger partial charge in [-0.15, -0.1) is 0 Å². The SMILES string of the molecule is CC(=O)OC1(O)CC(=O)C=C2C(C)C[C@H]3[C@@H]4CC[C@H](C(C)=O)[C@@]4(C)CC[C@@H]3[C@]21C. The molecule has 8 atom stereocenters. The summed E-state index contributed by atoms with van der Waals surface area (Å²) in [6, 6.07) is 0. The summed E-state index contributed by atoms with van der Waals surface area (Å²) in [4.78, 5) is 36.7. The van der Waals surface area contributed by atoms with Crippen molar-refractivity contribution in [2.24, 2.45) is 40.4 Å². The van der Waals surface area contributed by atoms with E-state index in [-0.39, 0.29) is 35.4 Å². The highest BCUT2D eigenvalue weighted by Gasteiger charge is 2.67. The molecule has 0 spiro atoms. The number of aliphatic hydroxyl groups is 1. The van der Waals surface area contributed by atoms with E-state index in [1.165, 1.54) is 6.92 Å². The summed E-state index contributed by atoms with van der Waals surface area (Å²) in [6.07, 6.45) is 6.28. The number of rotatable bonds is 2. The predicted molar refractivity (Wildman–Crippen MR) is 108 cm³/mol. The number of carbonyl (C=O) groups excluding carboxylic acids is 3. The van der Waals surface area contributed by atoms with Gasteiger partial charge in [-0.25, -0.2) is 0 Å². The van der Waals surface area contributed by atoms with Gasteiger partial charge in [-0.2, -0.15) is 0 Å². The van der Waals surface area contributed by atoms with Crippen LogP contribution in [0, 0.1) is 40.4 Å². The van der Waals surface area contributed by atoms with Crippen LogP contribution in [0.25, 0.3) is 0 Å². The Morgan fingerprint density at radius 2 is 1.83 bits per heavy atom. The van der Waals surface area contributed by atoms with Gasteiger partial charge in [0.25, 0.3) is 0 Å². The van der Waals surface area contributed by atoms with Crippen molar-refractivity contribution in [1.82, 2.24) is 0 Å². The molecule has 4 rings (SSSR count). The van der Waals surface area contributed by atoms with Gasteiger partial charge in [-0.1, -0.05) is 19.4 Å². The quantitative estimate of drug-likeness (QED) is 0.561. The summed E-state index contributed by atoms with van der Waals surface area (Å²) in [5.41, 5.74) is 0.169. The maximum absolute atomic E-state index is 12.4. The maximum atomic E-state index is 12.4. The van der Waals surface area contributed by atoms with Crippen molar-refractivity contribution in [3.05, 3.63) is 11.6 Å². The fourth-order valence-electron chi connectivity index (χ4n) is 8.09. The third-order valence-corrected chi connectivity index (χ3v) is 9.28. The second-order valence-electron chi connectivity index (χ2n) is 10.6. The van der Waals surface area contributed by atoms with Crippen molar-refractivity contribution in [3.8, 4) is 0 Å². The van der Waals surface area contributed by atoms with Crippen LogP contribution in [0.3, 0.4) is 0 Å². The maximum Gasteiger partial charge on any atom is 0.305 e. The topological polar surface area (TPSA) is 80.7 Å². The first-order chi connectivity index (χ1) is 13.4. The second-order valence-corrected chi connectivity index (χ2v) is 10.6. The van der Waals surface area contributed by atoms with Crippen LogP contribution in [0.15, 0.2) is 11.6 Å². The van der Waals surface area contributed by atoms with Crippen LogP contribution in [0.2, 0.25) is 0 Å². The lowest BCUT2D eigenvalue weighted by atomic mass is 9.43. The third kappa shape index (κ3) is 2.72. The summed E-state index contributed by atoms with van der Waals surface area (Å²) in [5, 5.41) is 11.6. The van der Waals surface area contributed by atoms with Gasteiger partial charge in [-0.3, -0.25) is 14.4 Å².